The fourth-order valence-corrected chi connectivity index (χ4v) is 3.22. The first-order chi connectivity index (χ1) is 9.11. The Morgan fingerprint density at radius 2 is 1.16 bits per heavy atom. The van der Waals surface area contributed by atoms with E-state index >= 15 is 0 Å². The summed E-state index contributed by atoms with van der Waals surface area (Å²) in [5.41, 5.74) is 5.24. The SMILES string of the molecule is [CH2]=[Al][N]([AlH2])c1ccc(-c2ccc([N]([AlH2])[AlH2])cc2)cc1. The molecule has 0 amide bonds. The molecule has 0 aliphatic rings. The predicted molar refractivity (Wildman–Crippen MR) is 95.3 cm³/mol. The average molecular weight is 308 g/mol. The number of anilines is 2. The van der Waals surface area contributed by atoms with E-state index in [1.54, 1.807) is 0 Å². The van der Waals surface area contributed by atoms with E-state index in [0.717, 1.165) is 49.5 Å². The molecule has 2 aromatic carbocycles. The Morgan fingerprint density at radius 3 is 1.53 bits per heavy atom. The molecular weight excluding hydrogens is 292 g/mol. The van der Waals surface area contributed by atoms with Crippen LogP contribution in [0.4, 0.5) is 11.4 Å². The molecule has 2 rings (SSSR count). The number of nitrogens with zero attached hydrogens (tertiary/aromatic N) is 2. The van der Waals surface area contributed by atoms with Crippen LogP contribution in [0.1, 0.15) is 0 Å². The number of hydrogen-bond donors (Lipinski definition) is 0. The standard InChI is InChI=1S/C12H8N2.CH2.4Al.6H/c13-11-5-1-9(2-6-11)10-3-7-12(14)8-4-10;;;;;;;;;;;/h1-8H;1H2;;;;;;;;;;. The summed E-state index contributed by atoms with van der Waals surface area (Å²) in [5.74, 6) is 0. The van der Waals surface area contributed by atoms with E-state index in [0.29, 0.717) is 0 Å². The zero-order valence-corrected chi connectivity index (χ0v) is 19.0. The molecule has 0 spiro atoms. The van der Waals surface area contributed by atoms with E-state index in [2.05, 4.69) is 59.7 Å². The van der Waals surface area contributed by atoms with Gasteiger partial charge in [-0.05, 0) is 0 Å². The first-order valence-corrected chi connectivity index (χ1v) is 10.4. The van der Waals surface area contributed by atoms with Crippen molar-refractivity contribution in [2.75, 3.05) is 5.73 Å². The van der Waals surface area contributed by atoms with Crippen LogP contribution in [0.15, 0.2) is 48.5 Å². The van der Waals surface area contributed by atoms with Crippen molar-refractivity contribution >= 4 is 81.3 Å². The second-order valence-electron chi connectivity index (χ2n) is 4.78. The molecule has 19 heavy (non-hydrogen) atoms. The van der Waals surface area contributed by atoms with E-state index in [1.807, 2.05) is 0 Å². The summed E-state index contributed by atoms with van der Waals surface area (Å²) in [7, 11) is 0. The minimum absolute atomic E-state index is 0.156. The summed E-state index contributed by atoms with van der Waals surface area (Å²) >= 11 is 3.43. The zero-order chi connectivity index (χ0) is 13.8. The van der Waals surface area contributed by atoms with Gasteiger partial charge in [-0.2, -0.15) is 0 Å². The first kappa shape index (κ1) is 15.4. The van der Waals surface area contributed by atoms with Crippen LogP contribution in [0.5, 0.6) is 0 Å². The van der Waals surface area contributed by atoms with E-state index < -0.39 is 0 Å². The van der Waals surface area contributed by atoms with Crippen molar-refractivity contribution in [3.63, 3.8) is 0 Å². The molecule has 0 saturated heterocycles. The topological polar surface area (TPSA) is 6.48 Å². The van der Waals surface area contributed by atoms with Gasteiger partial charge in [-0.25, -0.2) is 0 Å². The molecule has 2 aromatic rings. The quantitative estimate of drug-likeness (QED) is 0.713. The fraction of sp³-hybridized carbons (Fsp3) is 0. The first-order valence-electron chi connectivity index (χ1n) is 6.35. The Kier molecular flexibility index (Phi) is 5.82. The van der Waals surface area contributed by atoms with Gasteiger partial charge < -0.3 is 0 Å². The van der Waals surface area contributed by atoms with Gasteiger partial charge in [-0.15, -0.1) is 0 Å². The maximum atomic E-state index is 4.01. The van der Waals surface area contributed by atoms with Crippen LogP contribution in [0, 0.1) is 0 Å². The molecule has 0 fully saturated rings. The predicted octanol–water partition coefficient (Wildman–Crippen LogP) is -0.338. The Labute approximate surface area is 145 Å². The van der Waals surface area contributed by atoms with E-state index in [1.165, 1.54) is 22.5 Å². The van der Waals surface area contributed by atoms with Gasteiger partial charge in [0, 0.05) is 0 Å². The van der Waals surface area contributed by atoms with Crippen molar-refractivity contribution in [1.29, 1.82) is 0 Å². The molecule has 90 valence electrons. The second kappa shape index (κ2) is 7.16. The fourth-order valence-electron chi connectivity index (χ4n) is 1.95. The summed E-state index contributed by atoms with van der Waals surface area (Å²) in [5, 5.41) is 4.01. The van der Waals surface area contributed by atoms with Crippen LogP contribution in [-0.4, -0.2) is 69.9 Å². The van der Waals surface area contributed by atoms with Crippen LogP contribution in [-0.2, 0) is 0 Å². The van der Waals surface area contributed by atoms with Crippen LogP contribution < -0.4 is 5.73 Å². The third kappa shape index (κ3) is 4.01. The molecule has 0 bridgehead atoms. The number of hydrogen-bond acceptors (Lipinski definition) is 2. The van der Waals surface area contributed by atoms with Gasteiger partial charge in [0.05, 0.1) is 0 Å². The Hall–Kier alpha value is 0.0399. The van der Waals surface area contributed by atoms with Crippen molar-refractivity contribution in [3.8, 4) is 11.1 Å². The summed E-state index contributed by atoms with van der Waals surface area (Å²) < 4.78 is 4.75. The molecule has 0 unspecified atom stereocenters. The van der Waals surface area contributed by atoms with E-state index in [4.69, 9.17) is 0 Å². The van der Waals surface area contributed by atoms with Gasteiger partial charge in [-0.3, -0.25) is 0 Å². The molecule has 0 aromatic heterocycles. The third-order valence-corrected chi connectivity index (χ3v) is 6.76. The molecular formula is C13H16Al4N2. The Balaban J connectivity index is 2.24. The van der Waals surface area contributed by atoms with Crippen molar-refractivity contribution in [2.45, 2.75) is 0 Å². The van der Waals surface area contributed by atoms with Crippen molar-refractivity contribution in [3.05, 3.63) is 48.5 Å². The molecule has 0 radical (unpaired) electrons. The normalized spacial score (nSPS) is 9.68. The van der Waals surface area contributed by atoms with Crippen LogP contribution in [0.2, 0.25) is 0 Å². The van der Waals surface area contributed by atoms with Gasteiger partial charge in [-0.1, -0.05) is 0 Å². The minimum atomic E-state index is 0.156. The molecule has 6 heteroatoms. The summed E-state index contributed by atoms with van der Waals surface area (Å²) in [6, 6.07) is 17.7. The van der Waals surface area contributed by atoms with E-state index in [9.17, 15) is 0 Å². The monoisotopic (exact) mass is 308 g/mol. The Bertz CT molecular complexity index is 552. The summed E-state index contributed by atoms with van der Waals surface area (Å²) in [6.07, 6.45) is 0. The molecule has 0 heterocycles. The average Bonchev–Trinajstić information content (AvgIpc) is 2.46. The van der Waals surface area contributed by atoms with Crippen molar-refractivity contribution in [2.24, 2.45) is 0 Å². The van der Waals surface area contributed by atoms with Crippen molar-refractivity contribution in [1.82, 2.24) is 0 Å². The molecule has 0 atom stereocenters. The molecule has 0 N–H and O–H groups in total. The van der Waals surface area contributed by atoms with Crippen LogP contribution in [0.3, 0.4) is 0 Å². The number of rotatable bonds is 4. The van der Waals surface area contributed by atoms with Gasteiger partial charge in [0.2, 0.25) is 0 Å². The number of benzene rings is 2. The summed E-state index contributed by atoms with van der Waals surface area (Å²) in [6.45, 7) is 0. The van der Waals surface area contributed by atoms with E-state index in [-0.39, 0.29) is 15.0 Å². The molecule has 0 aliphatic carbocycles. The van der Waals surface area contributed by atoms with Gasteiger partial charge in [0.15, 0.2) is 0 Å². The second-order valence-corrected chi connectivity index (χ2v) is 12.4. The van der Waals surface area contributed by atoms with Gasteiger partial charge in [0.25, 0.3) is 0 Å². The van der Waals surface area contributed by atoms with Crippen LogP contribution in [0.25, 0.3) is 11.1 Å². The van der Waals surface area contributed by atoms with Crippen LogP contribution >= 0.6 is 0 Å². The summed E-state index contributed by atoms with van der Waals surface area (Å²) in [4.78, 5) is 0. The third-order valence-electron chi connectivity index (χ3n) is 3.27. The molecule has 0 saturated carbocycles. The van der Waals surface area contributed by atoms with Gasteiger partial charge in [0.1, 0.15) is 0 Å². The molecule has 2 nitrogen and oxygen atoms in total. The molecule has 0 aliphatic heterocycles. The van der Waals surface area contributed by atoms with Gasteiger partial charge >= 0.3 is 147 Å². The maximum absolute atomic E-state index is 4.01. The zero-order valence-electron chi connectivity index (χ0n) is 11.8. The Morgan fingerprint density at radius 1 is 0.737 bits per heavy atom. The van der Waals surface area contributed by atoms with Crippen molar-refractivity contribution < 1.29 is 0 Å².